The molecule has 4 heteroatoms. The summed E-state index contributed by atoms with van der Waals surface area (Å²) in [5.41, 5.74) is 7.49. The monoisotopic (exact) mass is 728 g/mol. The molecule has 0 spiro atoms. The predicted octanol–water partition coefficient (Wildman–Crippen LogP) is 15.3. The van der Waals surface area contributed by atoms with Gasteiger partial charge in [-0.05, 0) is 146 Å². The van der Waals surface area contributed by atoms with Crippen molar-refractivity contribution in [1.82, 2.24) is 0 Å². The fourth-order valence-corrected chi connectivity index (χ4v) is 8.96. The Hall–Kier alpha value is -7.04. The number of halogens is 4. The normalized spacial score (nSPS) is 11.9. The fraction of sp³-hybridized carbons (Fsp3) is 0. The van der Waals surface area contributed by atoms with Crippen molar-refractivity contribution in [2.75, 3.05) is 0 Å². The zero-order valence-corrected chi connectivity index (χ0v) is 29.7. The first-order chi connectivity index (χ1) is 27.4. The van der Waals surface area contributed by atoms with Crippen LogP contribution in [-0.2, 0) is 0 Å². The summed E-state index contributed by atoms with van der Waals surface area (Å²) in [5.74, 6) is -4.15. The Bertz CT molecular complexity index is 3340. The van der Waals surface area contributed by atoms with Gasteiger partial charge in [-0.15, -0.1) is 0 Å². The molecule has 0 radical (unpaired) electrons. The van der Waals surface area contributed by atoms with Gasteiger partial charge in [-0.3, -0.25) is 0 Å². The second-order valence-corrected chi connectivity index (χ2v) is 14.5. The zero-order chi connectivity index (χ0) is 37.7. The number of hydrogen-bond acceptors (Lipinski definition) is 0. The lowest BCUT2D eigenvalue weighted by Gasteiger charge is -2.21. The molecular formula is C52H28F4. The van der Waals surface area contributed by atoms with Crippen molar-refractivity contribution in [3.63, 3.8) is 0 Å². The van der Waals surface area contributed by atoms with E-state index in [4.69, 9.17) is 0 Å². The van der Waals surface area contributed by atoms with Crippen LogP contribution in [0.1, 0.15) is 0 Å². The van der Waals surface area contributed by atoms with Crippen LogP contribution in [0.25, 0.3) is 109 Å². The Balaban J connectivity index is 1.15. The Morgan fingerprint density at radius 2 is 0.786 bits per heavy atom. The van der Waals surface area contributed by atoms with Crippen LogP contribution < -0.4 is 0 Å². The van der Waals surface area contributed by atoms with Crippen LogP contribution in [0.3, 0.4) is 0 Å². The molecule has 0 bridgehead atoms. The van der Waals surface area contributed by atoms with Crippen LogP contribution in [0.15, 0.2) is 170 Å². The largest absolute Gasteiger partial charge is 0.207 e. The molecule has 0 amide bonds. The molecule has 0 aromatic heterocycles. The summed E-state index contributed by atoms with van der Waals surface area (Å²) in [7, 11) is 0. The average Bonchev–Trinajstić information content (AvgIpc) is 3.23. The molecule has 0 saturated carbocycles. The van der Waals surface area contributed by atoms with Gasteiger partial charge in [0.25, 0.3) is 0 Å². The molecule has 0 nitrogen and oxygen atoms in total. The van der Waals surface area contributed by atoms with E-state index in [9.17, 15) is 17.6 Å². The van der Waals surface area contributed by atoms with E-state index >= 15 is 0 Å². The van der Waals surface area contributed by atoms with Gasteiger partial charge in [0.1, 0.15) is 5.82 Å². The number of benzene rings is 11. The minimum absolute atomic E-state index is 0.247. The van der Waals surface area contributed by atoms with Gasteiger partial charge < -0.3 is 0 Å². The first-order valence-electron chi connectivity index (χ1n) is 18.5. The topological polar surface area (TPSA) is 0 Å². The van der Waals surface area contributed by atoms with Gasteiger partial charge in [0.15, 0.2) is 17.5 Å². The molecule has 264 valence electrons. The lowest BCUT2D eigenvalue weighted by atomic mass is 9.82. The summed E-state index contributed by atoms with van der Waals surface area (Å²) in [4.78, 5) is 0. The predicted molar refractivity (Wildman–Crippen MR) is 224 cm³/mol. The van der Waals surface area contributed by atoms with Gasteiger partial charge in [-0.25, -0.2) is 17.6 Å². The number of fused-ring (bicyclic) bond motifs is 3. The molecule has 0 heterocycles. The molecule has 0 fully saturated rings. The van der Waals surface area contributed by atoms with Gasteiger partial charge in [-0.1, -0.05) is 133 Å². The molecule has 0 aliphatic rings. The van der Waals surface area contributed by atoms with Crippen molar-refractivity contribution in [2.45, 2.75) is 0 Å². The Labute approximate surface area is 318 Å². The van der Waals surface area contributed by atoms with E-state index in [1.54, 1.807) is 6.07 Å². The van der Waals surface area contributed by atoms with E-state index in [-0.39, 0.29) is 11.4 Å². The van der Waals surface area contributed by atoms with E-state index in [0.29, 0.717) is 5.56 Å². The van der Waals surface area contributed by atoms with E-state index in [1.165, 1.54) is 6.07 Å². The lowest BCUT2D eigenvalue weighted by Crippen LogP contribution is -1.94. The maximum Gasteiger partial charge on any atom is 0.194 e. The van der Waals surface area contributed by atoms with Crippen molar-refractivity contribution in [2.24, 2.45) is 0 Å². The standard InChI is InChI=1S/C52H28F4/c53-37-19-14-33-24-32(12-13-34(33)26-37)31-6-5-7-35(25-31)48-39-8-1-3-10-41(39)51(42-11-4-2-9-40(42)48)45-23-18-30-16-21-43-38(36-27-46(54)52(56)47(55)28-36)20-15-29-17-22-44(45)50(30)49(29)43/h1-28H. The Morgan fingerprint density at radius 3 is 1.45 bits per heavy atom. The summed E-state index contributed by atoms with van der Waals surface area (Å²) in [6.45, 7) is 0. The van der Waals surface area contributed by atoms with Gasteiger partial charge in [0.2, 0.25) is 0 Å². The maximum atomic E-state index is 14.5. The first-order valence-corrected chi connectivity index (χ1v) is 18.5. The summed E-state index contributed by atoms with van der Waals surface area (Å²) < 4.78 is 56.9. The molecular weight excluding hydrogens is 701 g/mol. The van der Waals surface area contributed by atoms with Crippen LogP contribution in [0.4, 0.5) is 17.6 Å². The molecule has 0 aliphatic carbocycles. The van der Waals surface area contributed by atoms with Gasteiger partial charge in [0.05, 0.1) is 0 Å². The van der Waals surface area contributed by atoms with Gasteiger partial charge in [0, 0.05) is 0 Å². The molecule has 0 atom stereocenters. The van der Waals surface area contributed by atoms with E-state index in [1.807, 2.05) is 42.5 Å². The number of rotatable bonds is 4. The second kappa shape index (κ2) is 12.2. The molecule has 56 heavy (non-hydrogen) atoms. The molecule has 11 aromatic rings. The van der Waals surface area contributed by atoms with Crippen LogP contribution in [-0.4, -0.2) is 0 Å². The Kier molecular flexibility index (Phi) is 7.08. The van der Waals surface area contributed by atoms with Crippen molar-refractivity contribution >= 4 is 64.6 Å². The van der Waals surface area contributed by atoms with Crippen LogP contribution in [0, 0.1) is 23.3 Å². The molecule has 0 N–H and O–H groups in total. The second-order valence-electron chi connectivity index (χ2n) is 14.5. The molecule has 0 unspecified atom stereocenters. The SMILES string of the molecule is Fc1ccc2cc(-c3cccc(-c4c5ccccc5c(-c5ccc6ccc7c(-c8cc(F)c(F)c(F)c8)ccc8ccc5c6c87)c5ccccc45)c3)ccc2c1. The zero-order valence-electron chi connectivity index (χ0n) is 29.7. The molecule has 11 aromatic carbocycles. The van der Waals surface area contributed by atoms with E-state index in [2.05, 4.69) is 103 Å². The molecule has 11 rings (SSSR count). The third-order valence-corrected chi connectivity index (χ3v) is 11.4. The third-order valence-electron chi connectivity index (χ3n) is 11.4. The van der Waals surface area contributed by atoms with Gasteiger partial charge in [-0.2, -0.15) is 0 Å². The smallest absolute Gasteiger partial charge is 0.194 e. The average molecular weight is 729 g/mol. The lowest BCUT2D eigenvalue weighted by molar-refractivity contribution is 0.448. The van der Waals surface area contributed by atoms with Crippen molar-refractivity contribution in [3.8, 4) is 44.5 Å². The van der Waals surface area contributed by atoms with Crippen LogP contribution >= 0.6 is 0 Å². The van der Waals surface area contributed by atoms with E-state index in [0.717, 1.165) is 110 Å². The first kappa shape index (κ1) is 32.4. The highest BCUT2D eigenvalue weighted by molar-refractivity contribution is 6.30. The number of hydrogen-bond donors (Lipinski definition) is 0. The maximum absolute atomic E-state index is 14.5. The highest BCUT2D eigenvalue weighted by atomic mass is 19.2. The van der Waals surface area contributed by atoms with Crippen LogP contribution in [0.5, 0.6) is 0 Å². The van der Waals surface area contributed by atoms with Crippen molar-refractivity contribution in [1.29, 1.82) is 0 Å². The fourth-order valence-electron chi connectivity index (χ4n) is 8.96. The summed E-state index contributed by atoms with van der Waals surface area (Å²) in [5, 5.41) is 12.3. The highest BCUT2D eigenvalue weighted by Gasteiger charge is 2.21. The summed E-state index contributed by atoms with van der Waals surface area (Å²) >= 11 is 0. The summed E-state index contributed by atoms with van der Waals surface area (Å²) in [6.07, 6.45) is 0. The molecule has 0 aliphatic heterocycles. The van der Waals surface area contributed by atoms with Gasteiger partial charge >= 0.3 is 0 Å². The van der Waals surface area contributed by atoms with Crippen molar-refractivity contribution in [3.05, 3.63) is 193 Å². The minimum Gasteiger partial charge on any atom is -0.207 e. The summed E-state index contributed by atoms with van der Waals surface area (Å²) in [6, 6.07) is 55.4. The highest BCUT2D eigenvalue weighted by Crippen LogP contribution is 2.48. The third kappa shape index (κ3) is 4.85. The van der Waals surface area contributed by atoms with Crippen LogP contribution in [0.2, 0.25) is 0 Å². The van der Waals surface area contributed by atoms with Crippen molar-refractivity contribution < 1.29 is 17.6 Å². The quantitative estimate of drug-likeness (QED) is 0.0733. The Morgan fingerprint density at radius 1 is 0.286 bits per heavy atom. The molecule has 0 saturated heterocycles. The van der Waals surface area contributed by atoms with E-state index < -0.39 is 17.5 Å². The minimum atomic E-state index is -1.47.